The number of hydrogen-bond donors (Lipinski definition) is 1. The van der Waals surface area contributed by atoms with Gasteiger partial charge >= 0.3 is 5.97 Å². The van der Waals surface area contributed by atoms with E-state index >= 15 is 0 Å². The minimum absolute atomic E-state index is 0.0183. The van der Waals surface area contributed by atoms with Crippen molar-refractivity contribution in [1.29, 1.82) is 0 Å². The molecule has 1 N–H and O–H groups in total. The van der Waals surface area contributed by atoms with Gasteiger partial charge < -0.3 is 14.6 Å². The Kier molecular flexibility index (Phi) is 8.25. The minimum Gasteiger partial charge on any atom is -0.465 e. The molecule has 23 heavy (non-hydrogen) atoms. The highest BCUT2D eigenvalue weighted by atomic mass is 16.5. The van der Waals surface area contributed by atoms with Crippen molar-refractivity contribution in [3.63, 3.8) is 0 Å². The highest BCUT2D eigenvalue weighted by Crippen LogP contribution is 2.29. The van der Waals surface area contributed by atoms with Crippen LogP contribution < -0.4 is 0 Å². The first-order valence-corrected chi connectivity index (χ1v) is 8.82. The Morgan fingerprint density at radius 1 is 1.09 bits per heavy atom. The van der Waals surface area contributed by atoms with Gasteiger partial charge in [0.1, 0.15) is 0 Å². The van der Waals surface area contributed by atoms with Crippen LogP contribution in [-0.4, -0.2) is 35.0 Å². The minimum atomic E-state index is -0.752. The van der Waals surface area contributed by atoms with Crippen LogP contribution in [0.5, 0.6) is 0 Å². The molecule has 0 aromatic heterocycles. The molecule has 0 aliphatic carbocycles. The zero-order chi connectivity index (χ0) is 18.5. The maximum Gasteiger partial charge on any atom is 0.311 e. The molecule has 138 valence electrons. The molecule has 4 heteroatoms. The zero-order valence-electron chi connectivity index (χ0n) is 16.7. The molecule has 0 saturated heterocycles. The van der Waals surface area contributed by atoms with Crippen LogP contribution in [0.25, 0.3) is 0 Å². The average molecular weight is 331 g/mol. The summed E-state index contributed by atoms with van der Waals surface area (Å²) in [7, 11) is 0. The van der Waals surface area contributed by atoms with Crippen LogP contribution in [0.4, 0.5) is 0 Å². The summed E-state index contributed by atoms with van der Waals surface area (Å²) in [6.07, 6.45) is 2.16. The van der Waals surface area contributed by atoms with Crippen LogP contribution in [0.3, 0.4) is 0 Å². The summed E-state index contributed by atoms with van der Waals surface area (Å²) in [5, 5.41) is 10.00. The molecule has 2 unspecified atom stereocenters. The van der Waals surface area contributed by atoms with Crippen molar-refractivity contribution in [2.24, 2.45) is 11.3 Å². The van der Waals surface area contributed by atoms with Gasteiger partial charge in [0.05, 0.1) is 29.3 Å². The van der Waals surface area contributed by atoms with E-state index in [-0.39, 0.29) is 18.0 Å². The fourth-order valence-electron chi connectivity index (χ4n) is 2.11. The standard InChI is InChI=1S/C19H38O4/c1-10-15(12-18(6,7)21)23-19(8,9)14(3)13-22-16(20)17(4,5)11-2/h14-15,21H,10-13H2,1-9H3. The summed E-state index contributed by atoms with van der Waals surface area (Å²) in [6.45, 7) is 17.8. The Morgan fingerprint density at radius 3 is 2.00 bits per heavy atom. The molecule has 0 heterocycles. The lowest BCUT2D eigenvalue weighted by molar-refractivity contribution is -0.163. The van der Waals surface area contributed by atoms with Crippen LogP contribution in [-0.2, 0) is 14.3 Å². The Bertz CT molecular complexity index is 366. The molecule has 0 fully saturated rings. The van der Waals surface area contributed by atoms with E-state index in [1.165, 1.54) is 0 Å². The van der Waals surface area contributed by atoms with Gasteiger partial charge in [0.2, 0.25) is 0 Å². The molecule has 0 aliphatic heterocycles. The molecule has 0 aromatic carbocycles. The molecule has 4 nitrogen and oxygen atoms in total. The van der Waals surface area contributed by atoms with Crippen LogP contribution in [0.2, 0.25) is 0 Å². The zero-order valence-corrected chi connectivity index (χ0v) is 16.7. The van der Waals surface area contributed by atoms with Gasteiger partial charge in [0.25, 0.3) is 0 Å². The van der Waals surface area contributed by atoms with Gasteiger partial charge in [0.15, 0.2) is 0 Å². The second-order valence-electron chi connectivity index (χ2n) is 8.51. The third-order valence-corrected chi connectivity index (χ3v) is 4.74. The van der Waals surface area contributed by atoms with Crippen LogP contribution in [0.1, 0.15) is 81.6 Å². The van der Waals surface area contributed by atoms with E-state index in [4.69, 9.17) is 9.47 Å². The SMILES string of the molecule is CCC(CC(C)(C)O)OC(C)(C)C(C)COC(=O)C(C)(C)CC. The van der Waals surface area contributed by atoms with Gasteiger partial charge in [0, 0.05) is 12.3 Å². The Labute approximate surface area is 142 Å². The number of hydrogen-bond acceptors (Lipinski definition) is 4. The van der Waals surface area contributed by atoms with Crippen LogP contribution >= 0.6 is 0 Å². The topological polar surface area (TPSA) is 55.8 Å². The van der Waals surface area contributed by atoms with Crippen molar-refractivity contribution in [2.75, 3.05) is 6.61 Å². The number of aliphatic hydroxyl groups is 1. The van der Waals surface area contributed by atoms with Gasteiger partial charge in [-0.15, -0.1) is 0 Å². The Morgan fingerprint density at radius 2 is 1.61 bits per heavy atom. The summed E-state index contributed by atoms with van der Waals surface area (Å²) in [5.41, 5.74) is -1.63. The summed E-state index contributed by atoms with van der Waals surface area (Å²) < 4.78 is 11.7. The van der Waals surface area contributed by atoms with Crippen molar-refractivity contribution < 1.29 is 19.4 Å². The van der Waals surface area contributed by atoms with E-state index < -0.39 is 16.6 Å². The van der Waals surface area contributed by atoms with Crippen molar-refractivity contribution in [2.45, 2.75) is 98.9 Å². The van der Waals surface area contributed by atoms with Gasteiger partial charge in [-0.2, -0.15) is 0 Å². The highest BCUT2D eigenvalue weighted by Gasteiger charge is 2.34. The van der Waals surface area contributed by atoms with Gasteiger partial charge in [-0.3, -0.25) is 4.79 Å². The highest BCUT2D eigenvalue weighted by molar-refractivity contribution is 5.75. The van der Waals surface area contributed by atoms with Crippen molar-refractivity contribution in [1.82, 2.24) is 0 Å². The molecule has 0 amide bonds. The van der Waals surface area contributed by atoms with E-state index in [0.717, 1.165) is 12.8 Å². The molecule has 2 atom stereocenters. The molecule has 0 spiro atoms. The van der Waals surface area contributed by atoms with Crippen LogP contribution in [0.15, 0.2) is 0 Å². The summed E-state index contributed by atoms with van der Waals surface area (Å²) in [6, 6.07) is 0. The average Bonchev–Trinajstić information content (AvgIpc) is 2.41. The maximum atomic E-state index is 12.1. The first kappa shape index (κ1) is 22.4. The van der Waals surface area contributed by atoms with Gasteiger partial charge in [-0.05, 0) is 54.4 Å². The Balaban J connectivity index is 4.65. The smallest absolute Gasteiger partial charge is 0.311 e. The fourth-order valence-corrected chi connectivity index (χ4v) is 2.11. The second kappa shape index (κ2) is 8.48. The van der Waals surface area contributed by atoms with Gasteiger partial charge in [-0.25, -0.2) is 0 Å². The third kappa shape index (κ3) is 8.16. The first-order valence-electron chi connectivity index (χ1n) is 8.82. The molecule has 0 aromatic rings. The normalized spacial score (nSPS) is 16.1. The fraction of sp³-hybridized carbons (Fsp3) is 0.947. The number of ether oxygens (including phenoxy) is 2. The lowest BCUT2D eigenvalue weighted by atomic mass is 9.89. The second-order valence-corrected chi connectivity index (χ2v) is 8.51. The Hall–Kier alpha value is -0.610. The van der Waals surface area contributed by atoms with Crippen molar-refractivity contribution >= 4 is 5.97 Å². The predicted molar refractivity (Wildman–Crippen MR) is 94.4 cm³/mol. The van der Waals surface area contributed by atoms with Gasteiger partial charge in [-0.1, -0.05) is 20.8 Å². The van der Waals surface area contributed by atoms with Crippen LogP contribution in [0, 0.1) is 11.3 Å². The van der Waals surface area contributed by atoms with E-state index in [1.54, 1.807) is 13.8 Å². The number of carbonyl (C=O) groups excluding carboxylic acids is 1. The molecule has 0 bridgehead atoms. The number of rotatable bonds is 10. The monoisotopic (exact) mass is 330 g/mol. The third-order valence-electron chi connectivity index (χ3n) is 4.74. The molecule has 0 radical (unpaired) electrons. The lowest BCUT2D eigenvalue weighted by Gasteiger charge is -2.37. The molecule has 0 aliphatic rings. The predicted octanol–water partition coefficient (Wildman–Crippen LogP) is 4.34. The van der Waals surface area contributed by atoms with E-state index in [2.05, 4.69) is 6.92 Å². The molecule has 0 saturated carbocycles. The first-order chi connectivity index (χ1) is 10.2. The van der Waals surface area contributed by atoms with E-state index in [9.17, 15) is 9.90 Å². The molecular weight excluding hydrogens is 292 g/mol. The largest absolute Gasteiger partial charge is 0.465 e. The van der Waals surface area contributed by atoms with Crippen molar-refractivity contribution in [3.8, 4) is 0 Å². The lowest BCUT2D eigenvalue weighted by Crippen LogP contribution is -2.42. The maximum absolute atomic E-state index is 12.1. The quantitative estimate of drug-likeness (QED) is 0.606. The molecule has 0 rings (SSSR count). The van der Waals surface area contributed by atoms with E-state index in [0.29, 0.717) is 13.0 Å². The van der Waals surface area contributed by atoms with E-state index in [1.807, 2.05) is 41.5 Å². The summed E-state index contributed by atoms with van der Waals surface area (Å²) >= 11 is 0. The summed E-state index contributed by atoms with van der Waals surface area (Å²) in [5.74, 6) is -0.0962. The van der Waals surface area contributed by atoms with Crippen molar-refractivity contribution in [3.05, 3.63) is 0 Å². The number of carbonyl (C=O) groups is 1. The number of esters is 1. The molecular formula is C19H38O4. The summed E-state index contributed by atoms with van der Waals surface area (Å²) in [4.78, 5) is 12.1.